The maximum Gasteiger partial charge on any atom is 0.335 e. The molecule has 1 aromatic heterocycles. The van der Waals surface area contributed by atoms with Crippen LogP contribution >= 0.6 is 0 Å². The van der Waals surface area contributed by atoms with Gasteiger partial charge in [0.05, 0.1) is 11.3 Å². The standard InChI is InChI=1S/C12H10N2O3/c1-14-11(15)7-6-10(13-14)8-2-4-9(5-3-8)12(16)17/h2-7H,1H3,(H,16,17). The van der Waals surface area contributed by atoms with Crippen LogP contribution in [0.2, 0.25) is 0 Å². The lowest BCUT2D eigenvalue weighted by Crippen LogP contribution is -2.18. The van der Waals surface area contributed by atoms with E-state index in [2.05, 4.69) is 5.10 Å². The molecule has 0 atom stereocenters. The maximum atomic E-state index is 11.2. The SMILES string of the molecule is Cn1nc(-c2ccc(C(=O)O)cc2)ccc1=O. The van der Waals surface area contributed by atoms with E-state index in [1.807, 2.05) is 0 Å². The van der Waals surface area contributed by atoms with Gasteiger partial charge in [-0.15, -0.1) is 0 Å². The predicted octanol–water partition coefficient (Wildman–Crippen LogP) is 1.15. The number of aryl methyl sites for hydroxylation is 1. The predicted molar refractivity (Wildman–Crippen MR) is 61.9 cm³/mol. The minimum Gasteiger partial charge on any atom is -0.478 e. The fourth-order valence-electron chi connectivity index (χ4n) is 1.44. The van der Waals surface area contributed by atoms with Gasteiger partial charge in [0, 0.05) is 18.7 Å². The molecule has 2 rings (SSSR count). The molecule has 0 saturated carbocycles. The van der Waals surface area contributed by atoms with E-state index in [-0.39, 0.29) is 11.1 Å². The second-order valence-corrected chi connectivity index (χ2v) is 3.56. The van der Waals surface area contributed by atoms with Gasteiger partial charge in [-0.3, -0.25) is 4.79 Å². The van der Waals surface area contributed by atoms with Crippen LogP contribution in [0.4, 0.5) is 0 Å². The second kappa shape index (κ2) is 4.21. The Morgan fingerprint density at radius 2 is 1.82 bits per heavy atom. The summed E-state index contributed by atoms with van der Waals surface area (Å²) >= 11 is 0. The molecule has 0 amide bonds. The first-order chi connectivity index (χ1) is 8.08. The Morgan fingerprint density at radius 1 is 1.18 bits per heavy atom. The van der Waals surface area contributed by atoms with Gasteiger partial charge >= 0.3 is 5.97 Å². The summed E-state index contributed by atoms with van der Waals surface area (Å²) < 4.78 is 1.24. The summed E-state index contributed by atoms with van der Waals surface area (Å²) in [4.78, 5) is 21.9. The molecule has 0 fully saturated rings. The number of carbonyl (C=O) groups is 1. The number of benzene rings is 1. The van der Waals surface area contributed by atoms with Gasteiger partial charge in [-0.25, -0.2) is 9.48 Å². The summed E-state index contributed by atoms with van der Waals surface area (Å²) in [6, 6.07) is 9.37. The van der Waals surface area contributed by atoms with E-state index in [1.165, 1.54) is 22.9 Å². The molecule has 2 aromatic rings. The van der Waals surface area contributed by atoms with Crippen molar-refractivity contribution in [2.45, 2.75) is 0 Å². The minimum atomic E-state index is -0.968. The normalized spacial score (nSPS) is 10.2. The van der Waals surface area contributed by atoms with Gasteiger partial charge in [-0.2, -0.15) is 5.10 Å². The molecule has 0 aliphatic rings. The van der Waals surface area contributed by atoms with E-state index >= 15 is 0 Å². The summed E-state index contributed by atoms with van der Waals surface area (Å²) in [6.07, 6.45) is 0. The fraction of sp³-hybridized carbons (Fsp3) is 0.0833. The van der Waals surface area contributed by atoms with Crippen molar-refractivity contribution in [1.29, 1.82) is 0 Å². The van der Waals surface area contributed by atoms with Crippen molar-refractivity contribution >= 4 is 5.97 Å². The van der Waals surface area contributed by atoms with Crippen molar-refractivity contribution < 1.29 is 9.90 Å². The number of hydrogen-bond donors (Lipinski definition) is 1. The number of aromatic carboxylic acids is 1. The molecule has 0 spiro atoms. The molecule has 0 unspecified atom stereocenters. The van der Waals surface area contributed by atoms with Crippen molar-refractivity contribution in [3.8, 4) is 11.3 Å². The van der Waals surface area contributed by atoms with Crippen LogP contribution < -0.4 is 5.56 Å². The topological polar surface area (TPSA) is 72.2 Å². The van der Waals surface area contributed by atoms with Gasteiger partial charge in [-0.05, 0) is 18.2 Å². The van der Waals surface area contributed by atoms with Crippen molar-refractivity contribution in [2.75, 3.05) is 0 Å². The smallest absolute Gasteiger partial charge is 0.335 e. The average Bonchev–Trinajstić information content (AvgIpc) is 2.33. The first kappa shape index (κ1) is 11.1. The molecule has 0 bridgehead atoms. The summed E-state index contributed by atoms with van der Waals surface area (Å²) in [6.45, 7) is 0. The van der Waals surface area contributed by atoms with Crippen LogP contribution in [-0.4, -0.2) is 20.9 Å². The highest BCUT2D eigenvalue weighted by molar-refractivity contribution is 5.88. The van der Waals surface area contributed by atoms with Crippen LogP contribution in [-0.2, 0) is 7.05 Å². The van der Waals surface area contributed by atoms with E-state index in [0.29, 0.717) is 5.69 Å². The first-order valence-electron chi connectivity index (χ1n) is 4.96. The molecule has 0 aliphatic carbocycles. The number of aromatic nitrogens is 2. The zero-order valence-electron chi connectivity index (χ0n) is 9.12. The fourth-order valence-corrected chi connectivity index (χ4v) is 1.44. The third-order valence-corrected chi connectivity index (χ3v) is 2.39. The Hall–Kier alpha value is -2.43. The number of hydrogen-bond acceptors (Lipinski definition) is 3. The van der Waals surface area contributed by atoms with E-state index in [0.717, 1.165) is 5.56 Å². The van der Waals surface area contributed by atoms with Crippen molar-refractivity contribution in [3.05, 3.63) is 52.3 Å². The first-order valence-corrected chi connectivity index (χ1v) is 4.96. The van der Waals surface area contributed by atoms with Crippen LogP contribution in [0, 0.1) is 0 Å². The maximum absolute atomic E-state index is 11.2. The molecular formula is C12H10N2O3. The van der Waals surface area contributed by atoms with Gasteiger partial charge in [0.25, 0.3) is 5.56 Å². The van der Waals surface area contributed by atoms with E-state index < -0.39 is 5.97 Å². The minimum absolute atomic E-state index is 0.184. The zero-order valence-corrected chi connectivity index (χ0v) is 9.12. The monoisotopic (exact) mass is 230 g/mol. The Labute approximate surface area is 97.0 Å². The average molecular weight is 230 g/mol. The van der Waals surface area contributed by atoms with Gasteiger partial charge in [0.1, 0.15) is 0 Å². The number of rotatable bonds is 2. The third-order valence-electron chi connectivity index (χ3n) is 2.39. The molecular weight excluding hydrogens is 220 g/mol. The molecule has 5 heteroatoms. The summed E-state index contributed by atoms with van der Waals surface area (Å²) in [5.41, 5.74) is 1.43. The van der Waals surface area contributed by atoms with Gasteiger partial charge < -0.3 is 5.11 Å². The summed E-state index contributed by atoms with van der Waals surface area (Å²) in [5, 5.41) is 12.8. The summed E-state index contributed by atoms with van der Waals surface area (Å²) in [7, 11) is 1.57. The molecule has 86 valence electrons. The quantitative estimate of drug-likeness (QED) is 0.839. The van der Waals surface area contributed by atoms with E-state index in [9.17, 15) is 9.59 Å². The number of carboxylic acid groups (broad SMARTS) is 1. The van der Waals surface area contributed by atoms with E-state index in [4.69, 9.17) is 5.11 Å². The van der Waals surface area contributed by atoms with Crippen molar-refractivity contribution in [2.24, 2.45) is 7.05 Å². The lowest BCUT2D eigenvalue weighted by molar-refractivity contribution is 0.0697. The Balaban J connectivity index is 2.43. The van der Waals surface area contributed by atoms with E-state index in [1.54, 1.807) is 25.2 Å². The molecule has 1 N–H and O–H groups in total. The van der Waals surface area contributed by atoms with Gasteiger partial charge in [0.2, 0.25) is 0 Å². The molecule has 5 nitrogen and oxygen atoms in total. The summed E-state index contributed by atoms with van der Waals surface area (Å²) in [5.74, 6) is -0.968. The van der Waals surface area contributed by atoms with Crippen LogP contribution in [0.1, 0.15) is 10.4 Å². The zero-order chi connectivity index (χ0) is 12.4. The van der Waals surface area contributed by atoms with Crippen molar-refractivity contribution in [3.63, 3.8) is 0 Å². The highest BCUT2D eigenvalue weighted by atomic mass is 16.4. The molecule has 17 heavy (non-hydrogen) atoms. The van der Waals surface area contributed by atoms with Crippen molar-refractivity contribution in [1.82, 2.24) is 9.78 Å². The van der Waals surface area contributed by atoms with Crippen LogP contribution in [0.25, 0.3) is 11.3 Å². The van der Waals surface area contributed by atoms with Crippen LogP contribution in [0.15, 0.2) is 41.2 Å². The molecule has 0 aliphatic heterocycles. The lowest BCUT2D eigenvalue weighted by Gasteiger charge is -2.02. The second-order valence-electron chi connectivity index (χ2n) is 3.56. The molecule has 1 aromatic carbocycles. The molecule has 1 heterocycles. The Morgan fingerprint density at radius 3 is 2.35 bits per heavy atom. The number of nitrogens with zero attached hydrogens (tertiary/aromatic N) is 2. The molecule has 0 saturated heterocycles. The largest absolute Gasteiger partial charge is 0.478 e. The third kappa shape index (κ3) is 2.23. The lowest BCUT2D eigenvalue weighted by atomic mass is 10.1. The van der Waals surface area contributed by atoms with Gasteiger partial charge in [0.15, 0.2) is 0 Å². The van der Waals surface area contributed by atoms with Gasteiger partial charge in [-0.1, -0.05) is 12.1 Å². The Bertz CT molecular complexity index is 614. The number of carboxylic acids is 1. The highest BCUT2D eigenvalue weighted by Gasteiger charge is 2.04. The van der Waals surface area contributed by atoms with Crippen LogP contribution in [0.3, 0.4) is 0 Å². The molecule has 0 radical (unpaired) electrons. The Kier molecular flexibility index (Phi) is 2.74. The van der Waals surface area contributed by atoms with Crippen LogP contribution in [0.5, 0.6) is 0 Å². The highest BCUT2D eigenvalue weighted by Crippen LogP contribution is 2.15.